The molecule has 0 radical (unpaired) electrons. The van der Waals surface area contributed by atoms with Gasteiger partial charge in [0.15, 0.2) is 5.96 Å². The van der Waals surface area contributed by atoms with E-state index in [2.05, 4.69) is 28.5 Å². The Bertz CT molecular complexity index is 496. The lowest BCUT2D eigenvalue weighted by molar-refractivity contribution is -0.130. The Balaban J connectivity index is 1.74. The van der Waals surface area contributed by atoms with E-state index in [-0.39, 0.29) is 5.91 Å². The topological polar surface area (TPSA) is 69.2 Å². The van der Waals surface area contributed by atoms with Gasteiger partial charge in [0, 0.05) is 46.3 Å². The number of piperidine rings is 1. The zero-order valence-electron chi connectivity index (χ0n) is 16.6. The van der Waals surface area contributed by atoms with Crippen LogP contribution >= 0.6 is 0 Å². The fourth-order valence-corrected chi connectivity index (χ4v) is 3.19. The second kappa shape index (κ2) is 11.2. The van der Waals surface area contributed by atoms with Gasteiger partial charge in [0.05, 0.1) is 19.8 Å². The maximum Gasteiger partial charge on any atom is 0.236 e. The van der Waals surface area contributed by atoms with E-state index in [1.807, 2.05) is 14.1 Å². The third kappa shape index (κ3) is 7.33. The van der Waals surface area contributed by atoms with Crippen molar-refractivity contribution in [2.45, 2.75) is 38.6 Å². The fraction of sp³-hybridized carbons (Fsp3) is 0.789. The van der Waals surface area contributed by atoms with Gasteiger partial charge in [-0.25, -0.2) is 0 Å². The normalized spacial score (nSPS) is 19.8. The zero-order valence-corrected chi connectivity index (χ0v) is 16.6. The average Bonchev–Trinajstić information content (AvgIpc) is 2.64. The standard InChI is InChI=1S/C19H35N5O2/c1-4-20-19(21-10-5-16-8-13-26-14-9-16)22-17-6-11-24(12-7-17)15-18(25)23(2)3/h8,17H,4-7,9-15H2,1-3H3,(H2,20,21,22). The molecule has 2 aliphatic heterocycles. The molecule has 0 saturated carbocycles. The Labute approximate surface area is 157 Å². The zero-order chi connectivity index (χ0) is 18.8. The van der Waals surface area contributed by atoms with Crippen LogP contribution in [0.3, 0.4) is 0 Å². The molecule has 26 heavy (non-hydrogen) atoms. The summed E-state index contributed by atoms with van der Waals surface area (Å²) in [4.78, 5) is 20.5. The number of rotatable bonds is 7. The summed E-state index contributed by atoms with van der Waals surface area (Å²) < 4.78 is 5.35. The van der Waals surface area contributed by atoms with Crippen LogP contribution in [0.1, 0.15) is 32.6 Å². The molecule has 2 N–H and O–H groups in total. The SMILES string of the molecule is CCNC(=NCCC1=CCOCC1)NC1CCN(CC(=O)N(C)C)CC1. The summed E-state index contributed by atoms with van der Waals surface area (Å²) in [5.74, 6) is 1.08. The van der Waals surface area contributed by atoms with Crippen LogP contribution in [0.25, 0.3) is 0 Å². The molecule has 0 atom stereocenters. The second-order valence-corrected chi connectivity index (χ2v) is 7.18. The summed E-state index contributed by atoms with van der Waals surface area (Å²) in [6.45, 7) is 7.75. The molecule has 0 unspecified atom stereocenters. The predicted octanol–water partition coefficient (Wildman–Crippen LogP) is 0.831. The summed E-state index contributed by atoms with van der Waals surface area (Å²) >= 11 is 0. The molecule has 0 bridgehead atoms. The summed E-state index contributed by atoms with van der Waals surface area (Å²) in [5, 5.41) is 6.91. The lowest BCUT2D eigenvalue weighted by Crippen LogP contribution is -2.50. The first kappa shape index (κ1) is 20.7. The summed E-state index contributed by atoms with van der Waals surface area (Å²) in [6.07, 6.45) is 6.29. The minimum atomic E-state index is 0.175. The summed E-state index contributed by atoms with van der Waals surface area (Å²) in [7, 11) is 3.62. The summed E-state index contributed by atoms with van der Waals surface area (Å²) in [6, 6.07) is 0.417. The number of hydrogen-bond acceptors (Lipinski definition) is 4. The monoisotopic (exact) mass is 365 g/mol. The van der Waals surface area contributed by atoms with E-state index in [4.69, 9.17) is 9.73 Å². The molecule has 0 aromatic heterocycles. The van der Waals surface area contributed by atoms with Gasteiger partial charge in [-0.15, -0.1) is 0 Å². The van der Waals surface area contributed by atoms with E-state index in [1.165, 1.54) is 5.57 Å². The molecule has 7 nitrogen and oxygen atoms in total. The lowest BCUT2D eigenvalue weighted by Gasteiger charge is -2.33. The molecule has 2 heterocycles. The van der Waals surface area contributed by atoms with Gasteiger partial charge in [-0.3, -0.25) is 14.7 Å². The van der Waals surface area contributed by atoms with E-state index < -0.39 is 0 Å². The molecule has 2 aliphatic rings. The number of likely N-dealkylation sites (tertiary alicyclic amines) is 1. The van der Waals surface area contributed by atoms with Crippen molar-refractivity contribution in [2.75, 3.05) is 60.0 Å². The van der Waals surface area contributed by atoms with Crippen molar-refractivity contribution in [2.24, 2.45) is 4.99 Å². The largest absolute Gasteiger partial charge is 0.377 e. The Morgan fingerprint density at radius 2 is 2.15 bits per heavy atom. The number of carbonyl (C=O) groups excluding carboxylic acids is 1. The van der Waals surface area contributed by atoms with Crippen LogP contribution in [0, 0.1) is 0 Å². The van der Waals surface area contributed by atoms with Crippen molar-refractivity contribution < 1.29 is 9.53 Å². The van der Waals surface area contributed by atoms with Gasteiger partial charge in [-0.05, 0) is 32.6 Å². The van der Waals surface area contributed by atoms with Gasteiger partial charge >= 0.3 is 0 Å². The van der Waals surface area contributed by atoms with Crippen LogP contribution in [0.2, 0.25) is 0 Å². The smallest absolute Gasteiger partial charge is 0.236 e. The second-order valence-electron chi connectivity index (χ2n) is 7.18. The number of aliphatic imine (C=N–C) groups is 1. The minimum Gasteiger partial charge on any atom is -0.377 e. The van der Waals surface area contributed by atoms with Crippen molar-refractivity contribution in [3.05, 3.63) is 11.6 Å². The molecule has 0 spiro atoms. The molecule has 0 aromatic rings. The van der Waals surface area contributed by atoms with Crippen LogP contribution < -0.4 is 10.6 Å². The number of hydrogen-bond donors (Lipinski definition) is 2. The van der Waals surface area contributed by atoms with E-state index >= 15 is 0 Å². The Kier molecular flexibility index (Phi) is 8.91. The van der Waals surface area contributed by atoms with Gasteiger partial charge in [0.1, 0.15) is 0 Å². The number of amides is 1. The van der Waals surface area contributed by atoms with Crippen LogP contribution in [0.5, 0.6) is 0 Å². The predicted molar refractivity (Wildman–Crippen MR) is 105 cm³/mol. The maximum atomic E-state index is 11.8. The van der Waals surface area contributed by atoms with E-state index in [0.717, 1.165) is 71.0 Å². The highest BCUT2D eigenvalue weighted by molar-refractivity contribution is 5.80. The molecule has 1 amide bonds. The quantitative estimate of drug-likeness (QED) is 0.397. The number of likely N-dealkylation sites (N-methyl/N-ethyl adjacent to an activating group) is 1. The van der Waals surface area contributed by atoms with Crippen LogP contribution in [0.15, 0.2) is 16.6 Å². The first-order valence-electron chi connectivity index (χ1n) is 9.81. The highest BCUT2D eigenvalue weighted by atomic mass is 16.5. The first-order valence-corrected chi connectivity index (χ1v) is 9.81. The Morgan fingerprint density at radius 1 is 1.38 bits per heavy atom. The number of guanidine groups is 1. The molecule has 1 fully saturated rings. The van der Waals surface area contributed by atoms with Crippen LogP contribution in [0.4, 0.5) is 0 Å². The number of nitrogens with one attached hydrogen (secondary N) is 2. The van der Waals surface area contributed by atoms with Gasteiger partial charge < -0.3 is 20.3 Å². The maximum absolute atomic E-state index is 11.8. The molecule has 0 aromatic carbocycles. The molecule has 148 valence electrons. The van der Waals surface area contributed by atoms with Crippen molar-refractivity contribution in [1.29, 1.82) is 0 Å². The number of carbonyl (C=O) groups is 1. The third-order valence-corrected chi connectivity index (χ3v) is 4.89. The Morgan fingerprint density at radius 3 is 2.77 bits per heavy atom. The number of nitrogens with zero attached hydrogens (tertiary/aromatic N) is 3. The molecular formula is C19H35N5O2. The first-order chi connectivity index (χ1) is 12.6. The number of ether oxygens (including phenoxy) is 1. The Hall–Kier alpha value is -1.60. The van der Waals surface area contributed by atoms with Gasteiger partial charge in [0.25, 0.3) is 0 Å². The third-order valence-electron chi connectivity index (χ3n) is 4.89. The summed E-state index contributed by atoms with van der Waals surface area (Å²) in [5.41, 5.74) is 1.45. The van der Waals surface area contributed by atoms with Crippen molar-refractivity contribution in [3.63, 3.8) is 0 Å². The van der Waals surface area contributed by atoms with Gasteiger partial charge in [0.2, 0.25) is 5.91 Å². The van der Waals surface area contributed by atoms with Crippen molar-refractivity contribution >= 4 is 11.9 Å². The lowest BCUT2D eigenvalue weighted by atomic mass is 10.1. The van der Waals surface area contributed by atoms with E-state index in [1.54, 1.807) is 4.90 Å². The highest BCUT2D eigenvalue weighted by Gasteiger charge is 2.22. The molecule has 2 rings (SSSR count). The van der Waals surface area contributed by atoms with E-state index in [9.17, 15) is 4.79 Å². The van der Waals surface area contributed by atoms with Crippen LogP contribution in [-0.2, 0) is 9.53 Å². The van der Waals surface area contributed by atoms with Crippen molar-refractivity contribution in [3.8, 4) is 0 Å². The molecule has 0 aliphatic carbocycles. The van der Waals surface area contributed by atoms with Gasteiger partial charge in [-0.1, -0.05) is 11.6 Å². The fourth-order valence-electron chi connectivity index (χ4n) is 3.19. The van der Waals surface area contributed by atoms with Crippen LogP contribution in [-0.4, -0.2) is 87.7 Å². The van der Waals surface area contributed by atoms with Crippen molar-refractivity contribution in [1.82, 2.24) is 20.4 Å². The molecule has 1 saturated heterocycles. The highest BCUT2D eigenvalue weighted by Crippen LogP contribution is 2.12. The minimum absolute atomic E-state index is 0.175. The van der Waals surface area contributed by atoms with E-state index in [0.29, 0.717) is 12.6 Å². The average molecular weight is 366 g/mol. The van der Waals surface area contributed by atoms with Gasteiger partial charge in [-0.2, -0.15) is 0 Å². The molecular weight excluding hydrogens is 330 g/mol. The molecule has 7 heteroatoms.